The largest absolute Gasteiger partial charge is 0.349 e. The Labute approximate surface area is 129 Å². The van der Waals surface area contributed by atoms with Crippen molar-refractivity contribution in [1.82, 2.24) is 25.4 Å². The third-order valence-electron chi connectivity index (χ3n) is 4.20. The van der Waals surface area contributed by atoms with Gasteiger partial charge in [-0.1, -0.05) is 6.92 Å². The minimum atomic E-state index is -0.101. The molecule has 2 aromatic rings. The maximum absolute atomic E-state index is 12.2. The lowest BCUT2D eigenvalue weighted by atomic mass is 10.2. The van der Waals surface area contributed by atoms with Crippen molar-refractivity contribution in [3.63, 3.8) is 0 Å². The summed E-state index contributed by atoms with van der Waals surface area (Å²) in [6, 6.07) is 5.97. The zero-order valence-corrected chi connectivity index (χ0v) is 12.7. The summed E-state index contributed by atoms with van der Waals surface area (Å²) in [7, 11) is 0. The second-order valence-electron chi connectivity index (χ2n) is 5.54. The number of aromatic amines is 1. The molecule has 1 unspecified atom stereocenters. The molecule has 0 aliphatic carbocycles. The molecule has 2 N–H and O–H groups in total. The third kappa shape index (κ3) is 3.17. The number of rotatable bonds is 5. The van der Waals surface area contributed by atoms with Crippen LogP contribution in [0.3, 0.4) is 0 Å². The van der Waals surface area contributed by atoms with Gasteiger partial charge >= 0.3 is 0 Å². The lowest BCUT2D eigenvalue weighted by Crippen LogP contribution is -2.40. The van der Waals surface area contributed by atoms with E-state index < -0.39 is 0 Å². The van der Waals surface area contributed by atoms with Gasteiger partial charge in [0.25, 0.3) is 5.91 Å². The summed E-state index contributed by atoms with van der Waals surface area (Å²) in [6.45, 7) is 5.02. The van der Waals surface area contributed by atoms with E-state index in [-0.39, 0.29) is 5.91 Å². The summed E-state index contributed by atoms with van der Waals surface area (Å²) >= 11 is 0. The number of likely N-dealkylation sites (N-methyl/N-ethyl adjacent to an activating group) is 1. The van der Waals surface area contributed by atoms with E-state index in [0.29, 0.717) is 18.3 Å². The first-order valence-corrected chi connectivity index (χ1v) is 7.76. The van der Waals surface area contributed by atoms with Crippen molar-refractivity contribution in [2.24, 2.45) is 0 Å². The fourth-order valence-corrected chi connectivity index (χ4v) is 2.96. The Bertz CT molecular complexity index is 624. The number of hydrogen-bond acceptors (Lipinski definition) is 4. The van der Waals surface area contributed by atoms with E-state index in [9.17, 15) is 4.79 Å². The van der Waals surface area contributed by atoms with Crippen molar-refractivity contribution in [3.8, 4) is 11.3 Å². The van der Waals surface area contributed by atoms with E-state index in [2.05, 4.69) is 32.3 Å². The SMILES string of the molecule is CCN1CCCC1CNC(=O)c1cc(-c2ccncc2)n[nH]1. The van der Waals surface area contributed by atoms with Crippen LogP contribution in [0.5, 0.6) is 0 Å². The molecule has 0 radical (unpaired) electrons. The van der Waals surface area contributed by atoms with Crippen molar-refractivity contribution in [3.05, 3.63) is 36.3 Å². The maximum Gasteiger partial charge on any atom is 0.269 e. The highest BCUT2D eigenvalue weighted by Gasteiger charge is 2.23. The van der Waals surface area contributed by atoms with Gasteiger partial charge in [0.05, 0.1) is 5.69 Å². The molecule has 2 aromatic heterocycles. The van der Waals surface area contributed by atoms with Gasteiger partial charge in [-0.15, -0.1) is 0 Å². The van der Waals surface area contributed by atoms with Crippen LogP contribution in [-0.2, 0) is 0 Å². The van der Waals surface area contributed by atoms with Gasteiger partial charge in [0.2, 0.25) is 0 Å². The summed E-state index contributed by atoms with van der Waals surface area (Å²) in [4.78, 5) is 18.6. The lowest BCUT2D eigenvalue weighted by Gasteiger charge is -2.22. The molecule has 0 aromatic carbocycles. The van der Waals surface area contributed by atoms with Crippen LogP contribution in [0.2, 0.25) is 0 Å². The molecule has 1 fully saturated rings. The van der Waals surface area contributed by atoms with Crippen molar-refractivity contribution in [1.29, 1.82) is 0 Å². The molecule has 0 bridgehead atoms. The van der Waals surface area contributed by atoms with Gasteiger partial charge in [-0.2, -0.15) is 5.10 Å². The minimum absolute atomic E-state index is 0.101. The number of carbonyl (C=O) groups excluding carboxylic acids is 1. The van der Waals surface area contributed by atoms with Gasteiger partial charge < -0.3 is 5.32 Å². The van der Waals surface area contributed by atoms with Crippen LogP contribution in [-0.4, -0.2) is 51.7 Å². The van der Waals surface area contributed by atoms with E-state index in [0.717, 1.165) is 30.8 Å². The second-order valence-corrected chi connectivity index (χ2v) is 5.54. The Morgan fingerprint density at radius 2 is 2.27 bits per heavy atom. The normalized spacial score (nSPS) is 18.5. The number of pyridine rings is 1. The fraction of sp³-hybridized carbons (Fsp3) is 0.438. The van der Waals surface area contributed by atoms with Crippen molar-refractivity contribution >= 4 is 5.91 Å². The predicted octanol–water partition coefficient (Wildman–Crippen LogP) is 1.69. The first-order valence-electron chi connectivity index (χ1n) is 7.76. The molecule has 0 spiro atoms. The average Bonchev–Trinajstić information content (AvgIpc) is 3.22. The van der Waals surface area contributed by atoms with Crippen LogP contribution in [0.1, 0.15) is 30.3 Å². The smallest absolute Gasteiger partial charge is 0.269 e. The van der Waals surface area contributed by atoms with Gasteiger partial charge in [-0.05, 0) is 44.1 Å². The predicted molar refractivity (Wildman–Crippen MR) is 84.4 cm³/mol. The average molecular weight is 299 g/mol. The molecule has 6 nitrogen and oxygen atoms in total. The number of amides is 1. The topological polar surface area (TPSA) is 73.9 Å². The van der Waals surface area contributed by atoms with Gasteiger partial charge in [-0.25, -0.2) is 0 Å². The number of nitrogens with zero attached hydrogens (tertiary/aromatic N) is 3. The summed E-state index contributed by atoms with van der Waals surface area (Å²) in [5, 5.41) is 10.0. The third-order valence-corrected chi connectivity index (χ3v) is 4.20. The highest BCUT2D eigenvalue weighted by Crippen LogP contribution is 2.17. The Kier molecular flexibility index (Phi) is 4.48. The summed E-state index contributed by atoms with van der Waals surface area (Å²) < 4.78 is 0. The number of H-pyrrole nitrogens is 1. The number of aromatic nitrogens is 3. The molecule has 1 atom stereocenters. The molecule has 22 heavy (non-hydrogen) atoms. The van der Waals surface area contributed by atoms with Crippen molar-refractivity contribution in [2.45, 2.75) is 25.8 Å². The number of nitrogens with one attached hydrogen (secondary N) is 2. The van der Waals surface area contributed by atoms with Crippen LogP contribution in [0.4, 0.5) is 0 Å². The number of hydrogen-bond donors (Lipinski definition) is 2. The molecule has 1 amide bonds. The first-order chi connectivity index (χ1) is 10.8. The Balaban J connectivity index is 1.60. The molecular formula is C16H21N5O. The van der Waals surface area contributed by atoms with Crippen molar-refractivity contribution < 1.29 is 4.79 Å². The Hall–Kier alpha value is -2.21. The summed E-state index contributed by atoms with van der Waals surface area (Å²) in [6.07, 6.45) is 5.79. The molecule has 1 saturated heterocycles. The van der Waals surface area contributed by atoms with Gasteiger partial charge in [0, 0.05) is 30.5 Å². The fourth-order valence-electron chi connectivity index (χ4n) is 2.96. The van der Waals surface area contributed by atoms with Gasteiger partial charge in [0.15, 0.2) is 0 Å². The van der Waals surface area contributed by atoms with E-state index >= 15 is 0 Å². The van der Waals surface area contributed by atoms with E-state index in [1.54, 1.807) is 18.5 Å². The Morgan fingerprint density at radius 1 is 1.45 bits per heavy atom. The molecule has 3 heterocycles. The molecular weight excluding hydrogens is 278 g/mol. The highest BCUT2D eigenvalue weighted by molar-refractivity contribution is 5.93. The van der Waals surface area contributed by atoms with Gasteiger partial charge in [0.1, 0.15) is 5.69 Å². The van der Waals surface area contributed by atoms with E-state index in [1.165, 1.54) is 6.42 Å². The van der Waals surface area contributed by atoms with Crippen LogP contribution < -0.4 is 5.32 Å². The number of carbonyl (C=O) groups is 1. The zero-order valence-electron chi connectivity index (χ0n) is 12.7. The quantitative estimate of drug-likeness (QED) is 0.881. The standard InChI is InChI=1S/C16H21N5O/c1-2-21-9-3-4-13(21)11-18-16(22)15-10-14(19-20-15)12-5-7-17-8-6-12/h5-8,10,13H,2-4,9,11H2,1H3,(H,18,22)(H,19,20). The van der Waals surface area contributed by atoms with Crippen LogP contribution in [0, 0.1) is 0 Å². The molecule has 3 rings (SSSR count). The van der Waals surface area contributed by atoms with E-state index in [4.69, 9.17) is 0 Å². The lowest BCUT2D eigenvalue weighted by molar-refractivity contribution is 0.0936. The molecule has 0 saturated carbocycles. The van der Waals surface area contributed by atoms with E-state index in [1.807, 2.05) is 12.1 Å². The summed E-state index contributed by atoms with van der Waals surface area (Å²) in [5.41, 5.74) is 2.19. The summed E-state index contributed by atoms with van der Waals surface area (Å²) in [5.74, 6) is -0.101. The highest BCUT2D eigenvalue weighted by atomic mass is 16.1. The van der Waals surface area contributed by atoms with Gasteiger partial charge in [-0.3, -0.25) is 19.8 Å². The first kappa shape index (κ1) is 14.7. The molecule has 1 aliphatic heterocycles. The number of likely N-dealkylation sites (tertiary alicyclic amines) is 1. The van der Waals surface area contributed by atoms with Crippen LogP contribution in [0.15, 0.2) is 30.6 Å². The molecule has 1 aliphatic rings. The monoisotopic (exact) mass is 299 g/mol. The van der Waals surface area contributed by atoms with Crippen LogP contribution in [0.25, 0.3) is 11.3 Å². The second kappa shape index (κ2) is 6.70. The molecule has 116 valence electrons. The maximum atomic E-state index is 12.2. The Morgan fingerprint density at radius 3 is 3.05 bits per heavy atom. The minimum Gasteiger partial charge on any atom is -0.349 e. The molecule has 6 heteroatoms. The van der Waals surface area contributed by atoms with Crippen LogP contribution >= 0.6 is 0 Å². The van der Waals surface area contributed by atoms with Crippen molar-refractivity contribution in [2.75, 3.05) is 19.6 Å². The zero-order chi connectivity index (χ0) is 15.4.